The fraction of sp³-hybridized carbons (Fsp3) is 0.353. The summed E-state index contributed by atoms with van der Waals surface area (Å²) in [4.78, 5) is 25.6. The number of carbonyl (C=O) groups is 1. The molecule has 1 aliphatic rings. The normalized spacial score (nSPS) is 14.5. The summed E-state index contributed by atoms with van der Waals surface area (Å²) in [6, 6.07) is 6.45. The van der Waals surface area contributed by atoms with E-state index in [0.29, 0.717) is 23.1 Å². The quantitative estimate of drug-likeness (QED) is 0.501. The minimum atomic E-state index is -0.448. The zero-order valence-corrected chi connectivity index (χ0v) is 12.8. The van der Waals surface area contributed by atoms with Gasteiger partial charge in [0.25, 0.3) is 11.6 Å². The molecule has 6 heteroatoms. The summed E-state index contributed by atoms with van der Waals surface area (Å²) in [6.45, 7) is 0.585. The van der Waals surface area contributed by atoms with Gasteiger partial charge in [-0.25, -0.2) is 0 Å². The van der Waals surface area contributed by atoms with Gasteiger partial charge in [0, 0.05) is 18.0 Å². The van der Waals surface area contributed by atoms with Crippen LogP contribution in [0.2, 0.25) is 0 Å². The molecule has 0 aliphatic heterocycles. The number of amides is 1. The van der Waals surface area contributed by atoms with Crippen LogP contribution in [0, 0.1) is 10.1 Å². The number of nitrogens with zero attached hydrogens (tertiary/aromatic N) is 1. The Labute approximate surface area is 133 Å². The Balaban J connectivity index is 1.67. The second kappa shape index (κ2) is 6.64. The number of aromatic nitrogens is 1. The van der Waals surface area contributed by atoms with Crippen LogP contribution in [-0.2, 0) is 0 Å². The lowest BCUT2D eigenvalue weighted by Gasteiger charge is -2.12. The van der Waals surface area contributed by atoms with Crippen LogP contribution in [-0.4, -0.2) is 22.4 Å². The minimum Gasteiger partial charge on any atom is -0.350 e. The molecule has 0 saturated carbocycles. The number of non-ortho nitro benzene ring substituents is 1. The Morgan fingerprint density at radius 3 is 2.96 bits per heavy atom. The average molecular weight is 313 g/mol. The van der Waals surface area contributed by atoms with E-state index >= 15 is 0 Å². The predicted octanol–water partition coefficient (Wildman–Crippen LogP) is 3.70. The van der Waals surface area contributed by atoms with Crippen molar-refractivity contribution in [2.75, 3.05) is 6.54 Å². The summed E-state index contributed by atoms with van der Waals surface area (Å²) >= 11 is 0. The molecule has 3 rings (SSSR count). The van der Waals surface area contributed by atoms with Gasteiger partial charge in [0.15, 0.2) is 0 Å². The molecule has 0 unspecified atom stereocenters. The highest BCUT2D eigenvalue weighted by atomic mass is 16.6. The molecule has 0 fully saturated rings. The van der Waals surface area contributed by atoms with Crippen LogP contribution in [0.4, 0.5) is 5.69 Å². The predicted molar refractivity (Wildman–Crippen MR) is 88.5 cm³/mol. The standard InChI is InChI=1S/C17H19N3O3/c21-17(18-10-9-12-5-2-1-3-6-12)14-11-13-7-4-8-15(20(22)23)16(13)19-14/h4-5,7-8,11,19H,1-3,6,9-10H2,(H,18,21). The van der Waals surface area contributed by atoms with Crippen LogP contribution in [0.1, 0.15) is 42.6 Å². The van der Waals surface area contributed by atoms with E-state index in [2.05, 4.69) is 16.4 Å². The van der Waals surface area contributed by atoms with E-state index < -0.39 is 4.92 Å². The molecule has 1 aromatic heterocycles. The van der Waals surface area contributed by atoms with E-state index in [9.17, 15) is 14.9 Å². The SMILES string of the molecule is O=C(NCCC1=CCCCC1)c1cc2cccc([N+](=O)[O-])c2[nH]1. The first-order valence-electron chi connectivity index (χ1n) is 7.87. The van der Waals surface area contributed by atoms with Crippen LogP contribution >= 0.6 is 0 Å². The molecule has 6 nitrogen and oxygen atoms in total. The van der Waals surface area contributed by atoms with Gasteiger partial charge in [0.2, 0.25) is 0 Å². The van der Waals surface area contributed by atoms with Crippen molar-refractivity contribution in [3.05, 3.63) is 51.7 Å². The second-order valence-electron chi connectivity index (χ2n) is 5.80. The molecule has 2 aromatic rings. The average Bonchev–Trinajstić information content (AvgIpc) is 2.99. The number of allylic oxidation sites excluding steroid dienone is 1. The van der Waals surface area contributed by atoms with E-state index in [1.807, 2.05) is 0 Å². The monoisotopic (exact) mass is 313 g/mol. The molecule has 0 bridgehead atoms. The first-order chi connectivity index (χ1) is 11.1. The third-order valence-electron chi connectivity index (χ3n) is 4.19. The summed E-state index contributed by atoms with van der Waals surface area (Å²) in [5, 5.41) is 14.6. The number of rotatable bonds is 5. The molecule has 0 atom stereocenters. The van der Waals surface area contributed by atoms with Gasteiger partial charge >= 0.3 is 0 Å². The number of H-pyrrole nitrogens is 1. The summed E-state index contributed by atoms with van der Waals surface area (Å²) in [7, 11) is 0. The number of nitro benzene ring substituents is 1. The highest BCUT2D eigenvalue weighted by Crippen LogP contribution is 2.25. The second-order valence-corrected chi connectivity index (χ2v) is 5.80. The Bertz CT molecular complexity index is 776. The van der Waals surface area contributed by atoms with Crippen molar-refractivity contribution in [2.24, 2.45) is 0 Å². The lowest BCUT2D eigenvalue weighted by Crippen LogP contribution is -2.25. The van der Waals surface area contributed by atoms with Crippen molar-refractivity contribution in [2.45, 2.75) is 32.1 Å². The molecule has 1 aromatic carbocycles. The Morgan fingerprint density at radius 2 is 2.22 bits per heavy atom. The molecule has 1 aliphatic carbocycles. The van der Waals surface area contributed by atoms with E-state index in [0.717, 1.165) is 19.3 Å². The molecule has 1 amide bonds. The van der Waals surface area contributed by atoms with E-state index in [4.69, 9.17) is 0 Å². The number of hydrogen-bond donors (Lipinski definition) is 2. The van der Waals surface area contributed by atoms with Gasteiger partial charge in [0.05, 0.1) is 4.92 Å². The molecular formula is C17H19N3O3. The summed E-state index contributed by atoms with van der Waals surface area (Å²) in [5.74, 6) is -0.230. The van der Waals surface area contributed by atoms with Crippen molar-refractivity contribution >= 4 is 22.5 Å². The summed E-state index contributed by atoms with van der Waals surface area (Å²) in [6.07, 6.45) is 7.87. The molecule has 0 radical (unpaired) electrons. The number of nitro groups is 1. The van der Waals surface area contributed by atoms with E-state index in [1.54, 1.807) is 18.2 Å². The third-order valence-corrected chi connectivity index (χ3v) is 4.19. The Morgan fingerprint density at radius 1 is 1.35 bits per heavy atom. The summed E-state index contributed by atoms with van der Waals surface area (Å²) in [5.41, 5.74) is 2.13. The number of aromatic amines is 1. The lowest BCUT2D eigenvalue weighted by molar-refractivity contribution is -0.383. The molecular weight excluding hydrogens is 294 g/mol. The third kappa shape index (κ3) is 3.41. The van der Waals surface area contributed by atoms with Gasteiger partial charge in [-0.2, -0.15) is 0 Å². The Hall–Kier alpha value is -2.63. The van der Waals surface area contributed by atoms with E-state index in [-0.39, 0.29) is 11.6 Å². The zero-order chi connectivity index (χ0) is 16.2. The minimum absolute atomic E-state index is 0.0195. The first kappa shape index (κ1) is 15.3. The van der Waals surface area contributed by atoms with Gasteiger partial charge in [0.1, 0.15) is 11.2 Å². The number of carbonyl (C=O) groups excluding carboxylic acids is 1. The number of benzene rings is 1. The van der Waals surface area contributed by atoms with Crippen LogP contribution in [0.15, 0.2) is 35.9 Å². The Kier molecular flexibility index (Phi) is 4.41. The van der Waals surface area contributed by atoms with Crippen molar-refractivity contribution in [1.29, 1.82) is 0 Å². The maximum Gasteiger partial charge on any atom is 0.293 e. The number of para-hydroxylation sites is 1. The van der Waals surface area contributed by atoms with Gasteiger partial charge in [-0.15, -0.1) is 0 Å². The molecule has 23 heavy (non-hydrogen) atoms. The van der Waals surface area contributed by atoms with Crippen molar-refractivity contribution in [1.82, 2.24) is 10.3 Å². The largest absolute Gasteiger partial charge is 0.350 e. The van der Waals surface area contributed by atoms with Crippen molar-refractivity contribution in [3.63, 3.8) is 0 Å². The molecule has 2 N–H and O–H groups in total. The number of fused-ring (bicyclic) bond motifs is 1. The molecule has 0 saturated heterocycles. The zero-order valence-electron chi connectivity index (χ0n) is 12.8. The maximum absolute atomic E-state index is 12.2. The lowest BCUT2D eigenvalue weighted by atomic mass is 9.97. The van der Waals surface area contributed by atoms with Gasteiger partial charge in [-0.05, 0) is 38.2 Å². The first-order valence-corrected chi connectivity index (χ1v) is 7.87. The smallest absolute Gasteiger partial charge is 0.293 e. The number of nitrogens with one attached hydrogen (secondary N) is 2. The molecule has 0 spiro atoms. The van der Waals surface area contributed by atoms with Gasteiger partial charge < -0.3 is 10.3 Å². The molecule has 120 valence electrons. The summed E-state index contributed by atoms with van der Waals surface area (Å²) < 4.78 is 0. The number of hydrogen-bond acceptors (Lipinski definition) is 3. The highest BCUT2D eigenvalue weighted by Gasteiger charge is 2.16. The highest BCUT2D eigenvalue weighted by molar-refractivity contribution is 6.00. The fourth-order valence-corrected chi connectivity index (χ4v) is 2.98. The topological polar surface area (TPSA) is 88.0 Å². The van der Waals surface area contributed by atoms with Crippen LogP contribution < -0.4 is 5.32 Å². The molecule has 1 heterocycles. The van der Waals surface area contributed by atoms with Crippen molar-refractivity contribution < 1.29 is 9.72 Å². The van der Waals surface area contributed by atoms with Crippen molar-refractivity contribution in [3.8, 4) is 0 Å². The fourth-order valence-electron chi connectivity index (χ4n) is 2.98. The van der Waals surface area contributed by atoms with Crippen LogP contribution in [0.25, 0.3) is 10.9 Å². The van der Waals surface area contributed by atoms with Crippen LogP contribution in [0.3, 0.4) is 0 Å². The maximum atomic E-state index is 12.2. The van der Waals surface area contributed by atoms with Gasteiger partial charge in [-0.3, -0.25) is 14.9 Å². The van der Waals surface area contributed by atoms with Gasteiger partial charge in [-0.1, -0.05) is 23.8 Å². The van der Waals surface area contributed by atoms with E-state index in [1.165, 1.54) is 24.5 Å². The van der Waals surface area contributed by atoms with Crippen LogP contribution in [0.5, 0.6) is 0 Å².